The van der Waals surface area contributed by atoms with Gasteiger partial charge in [-0.3, -0.25) is 9.55 Å². The zero-order chi connectivity index (χ0) is 46.6. The van der Waals surface area contributed by atoms with Gasteiger partial charge in [-0.1, -0.05) is 147 Å². The van der Waals surface area contributed by atoms with E-state index in [0.29, 0.717) is 22.2 Å². The number of halogens is 4. The second-order valence-corrected chi connectivity index (χ2v) is 25.1. The lowest BCUT2D eigenvalue weighted by molar-refractivity contribution is 0.184. The van der Waals surface area contributed by atoms with Crippen LogP contribution in [-0.2, 0) is 20.8 Å². The molecule has 64 heavy (non-hydrogen) atoms. The number of aromatic nitrogens is 9. The van der Waals surface area contributed by atoms with E-state index in [4.69, 9.17) is 11.6 Å². The number of aromatic amines is 2. The van der Waals surface area contributed by atoms with E-state index in [1.165, 1.54) is 16.7 Å². The minimum Gasteiger partial charge on any atom is -0.429 e. The molecule has 0 fully saturated rings. The monoisotopic (exact) mass is 955 g/mol. The molecule has 11 nitrogen and oxygen atoms in total. The first-order chi connectivity index (χ1) is 29.9. The van der Waals surface area contributed by atoms with Crippen molar-refractivity contribution in [2.75, 3.05) is 0 Å². The molecule has 0 bridgehead atoms. The van der Waals surface area contributed by atoms with Crippen LogP contribution in [0.15, 0.2) is 122 Å². The fraction of sp³-hybridized carbons (Fsp3) is 0.250. The topological polar surface area (TPSA) is 151 Å². The zero-order valence-electron chi connectivity index (χ0n) is 37.0. The Morgan fingerprint density at radius 2 is 1.05 bits per heavy atom. The Balaban J connectivity index is 0.000000151. The molecule has 0 spiro atoms. The smallest absolute Gasteiger partial charge is 0.339 e. The van der Waals surface area contributed by atoms with Gasteiger partial charge in [-0.05, 0) is 84.9 Å². The molecule has 0 saturated heterocycles. The molecule has 0 amide bonds. The Bertz CT molecular complexity index is 2930. The molecule has 3 N–H and O–H groups in total. The largest absolute Gasteiger partial charge is 0.429 e. The molecule has 2 aliphatic rings. The summed E-state index contributed by atoms with van der Waals surface area (Å²) >= 11 is 19.9. The summed E-state index contributed by atoms with van der Waals surface area (Å²) in [7, 11) is 0. The van der Waals surface area contributed by atoms with Gasteiger partial charge in [0.15, 0.2) is 11.0 Å². The van der Waals surface area contributed by atoms with E-state index in [2.05, 4.69) is 197 Å². The van der Waals surface area contributed by atoms with E-state index in [0.717, 1.165) is 55.3 Å². The minimum absolute atomic E-state index is 0.137. The highest BCUT2D eigenvalue weighted by molar-refractivity contribution is 8.24. The molecule has 7 aromatic rings. The van der Waals surface area contributed by atoms with E-state index in [1.807, 2.05) is 24.3 Å². The Morgan fingerprint density at radius 1 is 0.578 bits per heavy atom. The number of nitrogens with zero attached hydrogens (tertiary/aromatic N) is 7. The number of imidazole rings is 3. The van der Waals surface area contributed by atoms with Crippen LogP contribution in [0.1, 0.15) is 79.0 Å². The van der Waals surface area contributed by atoms with Crippen LogP contribution < -0.4 is 0 Å². The summed E-state index contributed by atoms with van der Waals surface area (Å²) in [6.07, 6.45) is 8.33. The van der Waals surface area contributed by atoms with Crippen molar-refractivity contribution in [1.29, 1.82) is 0 Å². The van der Waals surface area contributed by atoms with Crippen molar-refractivity contribution in [3.05, 3.63) is 144 Å². The van der Waals surface area contributed by atoms with Gasteiger partial charge in [-0.15, -0.1) is 0 Å². The number of nitrogens with one attached hydrogen (secondary N) is 2. The van der Waals surface area contributed by atoms with Crippen molar-refractivity contribution < 1.29 is 9.77 Å². The number of rotatable bonds is 3. The fourth-order valence-corrected chi connectivity index (χ4v) is 6.64. The van der Waals surface area contributed by atoms with E-state index in [9.17, 15) is 9.77 Å². The predicted octanol–water partition coefficient (Wildman–Crippen LogP) is 14.9. The molecule has 0 radical (unpaired) electrons. The number of pyridine rings is 3. The Labute approximate surface area is 392 Å². The van der Waals surface area contributed by atoms with Gasteiger partial charge >= 0.3 is 5.20 Å². The van der Waals surface area contributed by atoms with Crippen LogP contribution in [0.25, 0.3) is 67.6 Å². The van der Waals surface area contributed by atoms with Crippen molar-refractivity contribution in [2.45, 2.75) is 78.6 Å². The van der Waals surface area contributed by atoms with E-state index >= 15 is 0 Å². The number of H-pyrrole nitrogens is 2. The van der Waals surface area contributed by atoms with Gasteiger partial charge in [-0.2, -0.15) is 4.73 Å². The second-order valence-electron chi connectivity index (χ2n) is 18.1. The van der Waals surface area contributed by atoms with E-state index in [1.54, 1.807) is 37.1 Å². The average molecular weight is 958 g/mol. The SMILES string of the molecule is CC(C)(C)c1ccc(-c2nc3c(Cl)nccc3[nH]2)cc1.CC(C)(C)c1ccc(-c2nc3ccn(O)cc-3n2)cc1.CC(C)(C)c1ccc(-c2nc3ccncc3[nH]2)cc1.O=P(Cl)(Cl)Cl. The highest BCUT2D eigenvalue weighted by atomic mass is 36.0. The summed E-state index contributed by atoms with van der Waals surface area (Å²) < 4.78 is 10.5. The fourth-order valence-electron chi connectivity index (χ4n) is 6.44. The maximum atomic E-state index is 9.51. The van der Waals surface area contributed by atoms with Crippen LogP contribution >= 0.6 is 50.5 Å². The Morgan fingerprint density at radius 3 is 1.53 bits per heavy atom. The van der Waals surface area contributed by atoms with Crippen LogP contribution in [0.5, 0.6) is 0 Å². The van der Waals surface area contributed by atoms with Crippen molar-refractivity contribution in [3.8, 4) is 45.6 Å². The number of hydrogen-bond donors (Lipinski definition) is 3. The van der Waals surface area contributed by atoms with E-state index in [-0.39, 0.29) is 16.2 Å². The average Bonchev–Trinajstić information content (AvgIpc) is 3.98. The van der Waals surface area contributed by atoms with Crippen LogP contribution in [0.4, 0.5) is 0 Å². The lowest BCUT2D eigenvalue weighted by atomic mass is 9.87. The molecule has 0 unspecified atom stereocenters. The maximum Gasteiger partial charge on any atom is 0.339 e. The van der Waals surface area contributed by atoms with Crippen LogP contribution in [0.2, 0.25) is 5.15 Å². The van der Waals surface area contributed by atoms with Crippen LogP contribution in [0, 0.1) is 0 Å². The normalized spacial score (nSPS) is 12.0. The molecule has 4 aromatic heterocycles. The third-order valence-corrected chi connectivity index (χ3v) is 10.3. The number of hydrogen-bond acceptors (Lipinski definition) is 8. The van der Waals surface area contributed by atoms with Crippen molar-refractivity contribution >= 4 is 72.6 Å². The van der Waals surface area contributed by atoms with Gasteiger partial charge in [0.05, 0.1) is 34.6 Å². The number of fused-ring (bicyclic) bond motifs is 3. The first kappa shape index (κ1) is 48.2. The summed E-state index contributed by atoms with van der Waals surface area (Å²) in [5, 5.41) is 6.59. The van der Waals surface area contributed by atoms with Gasteiger partial charge in [0, 0.05) is 35.3 Å². The van der Waals surface area contributed by atoms with Crippen LogP contribution in [-0.4, -0.2) is 49.8 Å². The summed E-state index contributed by atoms with van der Waals surface area (Å²) in [5.74, 6) is 2.39. The van der Waals surface area contributed by atoms with Gasteiger partial charge in [0.1, 0.15) is 22.9 Å². The summed E-state index contributed by atoms with van der Waals surface area (Å²) in [6.45, 7) is 19.8. The summed E-state index contributed by atoms with van der Waals surface area (Å²) in [6, 6.07) is 30.9. The van der Waals surface area contributed by atoms with Crippen molar-refractivity contribution in [1.82, 2.24) is 44.6 Å². The molecule has 3 aromatic carbocycles. The standard InChI is InChI=1S/C16H16ClN3.C16H17N3O.C16H17N3.Cl3OP/c1-16(2,3)11-6-4-10(5-7-11)15-19-12-8-9-18-14(17)13(12)20-15;1-16(2,3)12-6-4-11(5-7-12)15-17-13-8-9-19(20)10-14(13)18-15;1-16(2,3)12-6-4-11(5-7-12)15-18-13-8-9-17-10-14(13)19-15;1-5(2,3)4/h4-9H,1-3H3,(H,19,20);4-10,20H,1-3H3;4-10H,1-3H3,(H,18,19);. The quantitative estimate of drug-likeness (QED) is 0.0899. The van der Waals surface area contributed by atoms with Gasteiger partial charge in [0.2, 0.25) is 0 Å². The summed E-state index contributed by atoms with van der Waals surface area (Å²) in [5.41, 5.74) is 12.5. The van der Waals surface area contributed by atoms with Gasteiger partial charge in [0.25, 0.3) is 0 Å². The first-order valence-corrected chi connectivity index (χ1v) is 25.1. The lowest BCUT2D eigenvalue weighted by Crippen LogP contribution is -2.10. The van der Waals surface area contributed by atoms with Crippen LogP contribution in [0.3, 0.4) is 0 Å². The second kappa shape index (κ2) is 19.4. The summed E-state index contributed by atoms with van der Waals surface area (Å²) in [4.78, 5) is 32.7. The minimum atomic E-state index is -3.22. The van der Waals surface area contributed by atoms with E-state index < -0.39 is 5.20 Å². The third kappa shape index (κ3) is 12.9. The third-order valence-electron chi connectivity index (χ3n) is 10.1. The maximum absolute atomic E-state index is 9.51. The Hall–Kier alpha value is -5.29. The van der Waals surface area contributed by atoms with Gasteiger partial charge < -0.3 is 15.2 Å². The molecule has 6 heterocycles. The molecule has 16 heteroatoms. The van der Waals surface area contributed by atoms with Gasteiger partial charge in [-0.25, -0.2) is 24.9 Å². The number of benzene rings is 3. The molecular weight excluding hydrogens is 907 g/mol. The lowest BCUT2D eigenvalue weighted by Gasteiger charge is -2.18. The first-order valence-electron chi connectivity index (χ1n) is 20.3. The molecular formula is C48H50Cl4N9O2P. The molecule has 0 aliphatic carbocycles. The molecule has 0 atom stereocenters. The molecule has 9 rings (SSSR count). The predicted molar refractivity (Wildman–Crippen MR) is 264 cm³/mol. The van der Waals surface area contributed by atoms with Crippen molar-refractivity contribution in [3.63, 3.8) is 0 Å². The highest BCUT2D eigenvalue weighted by Crippen LogP contribution is 2.61. The zero-order valence-corrected chi connectivity index (χ0v) is 40.9. The Kier molecular flexibility index (Phi) is 14.6. The molecule has 0 saturated carbocycles. The highest BCUT2D eigenvalue weighted by Gasteiger charge is 2.18. The molecule has 2 aliphatic heterocycles. The molecule has 332 valence electrons. The van der Waals surface area contributed by atoms with Crippen molar-refractivity contribution in [2.24, 2.45) is 0 Å².